The number of nitrogens with zero attached hydrogens (tertiary/aromatic N) is 2. The fourth-order valence-electron chi connectivity index (χ4n) is 1.11. The summed E-state index contributed by atoms with van der Waals surface area (Å²) in [6.45, 7) is 5.12. The lowest BCUT2D eigenvalue weighted by Crippen LogP contribution is -2.55. The average Bonchev–Trinajstić information content (AvgIpc) is 1.78. The average molecular weight is 129 g/mol. The van der Waals surface area contributed by atoms with E-state index in [2.05, 4.69) is 26.0 Å². The number of hydrogen-bond donors (Lipinski definition) is 0. The fourth-order valence-corrected chi connectivity index (χ4v) is 1.11. The molecular formula is C7H17N2+2. The fraction of sp³-hybridized carbons (Fsp3) is 1.00. The van der Waals surface area contributed by atoms with Crippen LogP contribution >= 0.6 is 0 Å². The summed E-state index contributed by atoms with van der Waals surface area (Å²) in [4.78, 5) is 2.39. The molecule has 1 radical (unpaired) electrons. The molecule has 0 saturated carbocycles. The third kappa shape index (κ3) is 1.95. The molecule has 0 bridgehead atoms. The molecule has 0 aromatic heterocycles. The van der Waals surface area contributed by atoms with Crippen LogP contribution in [0.2, 0.25) is 0 Å². The van der Waals surface area contributed by atoms with Crippen molar-refractivity contribution in [3.63, 3.8) is 0 Å². The highest BCUT2D eigenvalue weighted by Crippen LogP contribution is 2.01. The smallest absolute Gasteiger partial charge is 0.171 e. The van der Waals surface area contributed by atoms with Crippen LogP contribution in [-0.2, 0) is 0 Å². The highest BCUT2D eigenvalue weighted by Gasteiger charge is 2.27. The molecule has 1 aliphatic rings. The molecule has 1 heterocycles. The lowest BCUT2D eigenvalue weighted by atomic mass is 10.3. The Bertz CT molecular complexity index is 89.1. The van der Waals surface area contributed by atoms with Crippen molar-refractivity contribution < 1.29 is 4.48 Å². The van der Waals surface area contributed by atoms with Gasteiger partial charge in [0.2, 0.25) is 0 Å². The van der Waals surface area contributed by atoms with Gasteiger partial charge in [0, 0.05) is 0 Å². The summed E-state index contributed by atoms with van der Waals surface area (Å²) in [6, 6.07) is 0. The lowest BCUT2D eigenvalue weighted by Gasteiger charge is -2.32. The molecule has 0 N–H and O–H groups in total. The molecule has 2 heteroatoms. The van der Waals surface area contributed by atoms with Gasteiger partial charge in [0.1, 0.15) is 20.1 Å². The van der Waals surface area contributed by atoms with E-state index in [1.54, 1.807) is 0 Å². The van der Waals surface area contributed by atoms with Crippen molar-refractivity contribution in [3.8, 4) is 0 Å². The van der Waals surface area contributed by atoms with Crippen LogP contribution in [0.4, 0.5) is 0 Å². The summed E-state index contributed by atoms with van der Waals surface area (Å²) in [5, 5.41) is 0. The highest BCUT2D eigenvalue weighted by molar-refractivity contribution is 4.61. The maximum atomic E-state index is 2.39. The Labute approximate surface area is 57.7 Å². The summed E-state index contributed by atoms with van der Waals surface area (Å²) in [6.07, 6.45) is 0. The molecule has 53 valence electrons. The van der Waals surface area contributed by atoms with Crippen molar-refractivity contribution in [1.29, 1.82) is 0 Å². The molecule has 0 atom stereocenters. The van der Waals surface area contributed by atoms with E-state index >= 15 is 0 Å². The monoisotopic (exact) mass is 129 g/mol. The van der Waals surface area contributed by atoms with Gasteiger partial charge in [0.05, 0.1) is 14.1 Å². The summed E-state index contributed by atoms with van der Waals surface area (Å²) < 4.78 is 1.20. The highest BCUT2D eigenvalue weighted by atomic mass is 15.4. The van der Waals surface area contributed by atoms with E-state index in [4.69, 9.17) is 0 Å². The summed E-state index contributed by atoms with van der Waals surface area (Å²) in [5.74, 6) is 0. The van der Waals surface area contributed by atoms with Crippen LogP contribution in [0, 0.1) is 0 Å². The Morgan fingerprint density at radius 2 is 1.56 bits per heavy atom. The summed E-state index contributed by atoms with van der Waals surface area (Å²) >= 11 is 0. The van der Waals surface area contributed by atoms with E-state index in [0.29, 0.717) is 0 Å². The number of hydrogen-bond acceptors (Lipinski definition) is 1. The van der Waals surface area contributed by atoms with Gasteiger partial charge in [-0.1, -0.05) is 0 Å². The predicted molar refractivity (Wildman–Crippen MR) is 39.6 cm³/mol. The molecule has 0 aromatic rings. The second-order valence-corrected chi connectivity index (χ2v) is 3.69. The normalized spacial score (nSPS) is 28.3. The van der Waals surface area contributed by atoms with Gasteiger partial charge in [-0.15, -0.1) is 0 Å². The molecule has 0 amide bonds. The zero-order valence-corrected chi connectivity index (χ0v) is 6.72. The molecule has 1 saturated heterocycles. The van der Waals surface area contributed by atoms with Crippen LogP contribution in [0.25, 0.3) is 0 Å². The van der Waals surface area contributed by atoms with Gasteiger partial charge in [-0.05, 0) is 0 Å². The van der Waals surface area contributed by atoms with E-state index in [9.17, 15) is 0 Å². The van der Waals surface area contributed by atoms with Crippen LogP contribution in [0.3, 0.4) is 0 Å². The second-order valence-electron chi connectivity index (χ2n) is 3.69. The van der Waals surface area contributed by atoms with Gasteiger partial charge in [0.25, 0.3) is 0 Å². The first kappa shape index (κ1) is 7.03. The predicted octanol–water partition coefficient (Wildman–Crippen LogP) is -0.154. The Morgan fingerprint density at radius 1 is 1.11 bits per heavy atom. The maximum Gasteiger partial charge on any atom is 0.171 e. The van der Waals surface area contributed by atoms with E-state index in [0.717, 1.165) is 0 Å². The van der Waals surface area contributed by atoms with E-state index in [1.807, 2.05) is 0 Å². The van der Waals surface area contributed by atoms with Crippen LogP contribution in [0.1, 0.15) is 0 Å². The standard InChI is InChI=1S/C7H17N2/c1-8-4-6-9(2,3)7-5-8/h4-7H2,1-3H3/q+2. The van der Waals surface area contributed by atoms with Crippen molar-refractivity contribution in [2.45, 2.75) is 0 Å². The van der Waals surface area contributed by atoms with Crippen molar-refractivity contribution in [1.82, 2.24) is 4.90 Å². The summed E-state index contributed by atoms with van der Waals surface area (Å²) in [7, 11) is 6.79. The van der Waals surface area contributed by atoms with Crippen LogP contribution in [0.15, 0.2) is 0 Å². The second kappa shape index (κ2) is 2.27. The van der Waals surface area contributed by atoms with Crippen LogP contribution in [0.5, 0.6) is 0 Å². The summed E-state index contributed by atoms with van der Waals surface area (Å²) in [5.41, 5.74) is 0. The zero-order valence-electron chi connectivity index (χ0n) is 6.72. The Morgan fingerprint density at radius 3 is 1.89 bits per heavy atom. The van der Waals surface area contributed by atoms with E-state index in [-0.39, 0.29) is 0 Å². The van der Waals surface area contributed by atoms with Crippen molar-refractivity contribution in [2.24, 2.45) is 0 Å². The van der Waals surface area contributed by atoms with Crippen LogP contribution < -0.4 is 4.90 Å². The molecule has 1 aliphatic heterocycles. The van der Waals surface area contributed by atoms with Crippen molar-refractivity contribution >= 4 is 0 Å². The molecule has 0 aromatic carbocycles. The molecule has 9 heavy (non-hydrogen) atoms. The van der Waals surface area contributed by atoms with Gasteiger partial charge in [-0.25, -0.2) is 0 Å². The van der Waals surface area contributed by atoms with E-state index < -0.39 is 0 Å². The van der Waals surface area contributed by atoms with E-state index in [1.165, 1.54) is 30.7 Å². The third-order valence-corrected chi connectivity index (χ3v) is 2.17. The first-order valence-corrected chi connectivity index (χ1v) is 3.61. The number of rotatable bonds is 0. The lowest BCUT2D eigenvalue weighted by molar-refractivity contribution is -0.893. The molecule has 2 nitrogen and oxygen atoms in total. The van der Waals surface area contributed by atoms with Gasteiger partial charge >= 0.3 is 0 Å². The Hall–Kier alpha value is -0.0800. The zero-order chi connectivity index (χ0) is 6.91. The van der Waals surface area contributed by atoms with Gasteiger partial charge in [0.15, 0.2) is 13.1 Å². The SMILES string of the molecule is C[N+]1CC[N+](C)(C)CC1. The number of likely N-dealkylation sites (N-methyl/N-ethyl adjacent to an activating group) is 2. The quantitative estimate of drug-likeness (QED) is 0.317. The molecule has 0 aliphatic carbocycles. The first-order valence-electron chi connectivity index (χ1n) is 3.61. The maximum absolute atomic E-state index is 2.39. The topological polar surface area (TPSA) is 5.90 Å². The first-order chi connectivity index (χ1) is 4.10. The van der Waals surface area contributed by atoms with Gasteiger partial charge in [-0.3, -0.25) is 0 Å². The third-order valence-electron chi connectivity index (χ3n) is 2.17. The van der Waals surface area contributed by atoms with Crippen LogP contribution in [-0.4, -0.2) is 51.8 Å². The van der Waals surface area contributed by atoms with Crippen molar-refractivity contribution in [3.05, 3.63) is 0 Å². The largest absolute Gasteiger partial charge is 0.319 e. The molecular weight excluding hydrogens is 112 g/mol. The number of quaternary nitrogens is 1. The minimum atomic E-state index is 1.20. The minimum absolute atomic E-state index is 1.20. The Balaban J connectivity index is 2.35. The minimum Gasteiger partial charge on any atom is -0.319 e. The molecule has 0 spiro atoms. The Kier molecular flexibility index (Phi) is 1.78. The van der Waals surface area contributed by atoms with Gasteiger partial charge in [-0.2, -0.15) is 4.90 Å². The molecule has 1 rings (SSSR count). The molecule has 0 unspecified atom stereocenters. The number of piperazine rings is 1. The van der Waals surface area contributed by atoms with Gasteiger partial charge < -0.3 is 4.48 Å². The molecule has 1 fully saturated rings. The van der Waals surface area contributed by atoms with Crippen molar-refractivity contribution in [2.75, 3.05) is 47.3 Å².